The average Bonchev–Trinajstić information content (AvgIpc) is 2.71. The first-order valence-electron chi connectivity index (χ1n) is 11.1. The van der Waals surface area contributed by atoms with Crippen molar-refractivity contribution in [2.45, 2.75) is 57.8 Å². The number of halogens is 3. The molecule has 2 aromatic rings. The number of rotatable bonds is 8. The van der Waals surface area contributed by atoms with Crippen molar-refractivity contribution in [3.63, 3.8) is 0 Å². The second-order valence-electron chi connectivity index (χ2n) is 9.35. The highest BCUT2D eigenvalue weighted by molar-refractivity contribution is 5.68. The number of alkyl halides is 3. The van der Waals surface area contributed by atoms with Crippen LogP contribution in [0.4, 0.5) is 19.0 Å². The van der Waals surface area contributed by atoms with Gasteiger partial charge in [-0.2, -0.15) is 13.2 Å². The van der Waals surface area contributed by atoms with Crippen LogP contribution >= 0.6 is 0 Å². The van der Waals surface area contributed by atoms with Gasteiger partial charge in [-0.3, -0.25) is 0 Å². The van der Waals surface area contributed by atoms with Crippen LogP contribution in [-0.4, -0.2) is 36.3 Å². The molecule has 3 rings (SSSR count). The van der Waals surface area contributed by atoms with Crippen molar-refractivity contribution < 1.29 is 17.9 Å². The fourth-order valence-electron chi connectivity index (χ4n) is 4.16. The molecule has 0 unspecified atom stereocenters. The zero-order chi connectivity index (χ0) is 23.4. The average molecular weight is 451 g/mol. The topological polar surface area (TPSA) is 72.2 Å². The fraction of sp³-hybridized carbons (Fsp3) is 0.542. The van der Waals surface area contributed by atoms with Crippen molar-refractivity contribution in [1.29, 1.82) is 0 Å². The van der Waals surface area contributed by atoms with Crippen molar-refractivity contribution in [2.75, 3.05) is 25.0 Å². The lowest BCUT2D eigenvalue weighted by atomic mass is 9.93. The maximum Gasteiger partial charge on any atom is 0.419 e. The van der Waals surface area contributed by atoms with Gasteiger partial charge in [0.25, 0.3) is 0 Å². The second kappa shape index (κ2) is 10.1. The van der Waals surface area contributed by atoms with Crippen molar-refractivity contribution >= 4 is 5.82 Å². The number of pyridine rings is 1. The quantitative estimate of drug-likeness (QED) is 0.524. The first kappa shape index (κ1) is 24.3. The molecule has 0 radical (unpaired) electrons. The van der Waals surface area contributed by atoms with E-state index in [0.29, 0.717) is 35.3 Å². The summed E-state index contributed by atoms with van der Waals surface area (Å²) in [6.07, 6.45) is -0.323. The second-order valence-corrected chi connectivity index (χ2v) is 9.35. The van der Waals surface area contributed by atoms with Crippen LogP contribution in [0.1, 0.15) is 45.6 Å². The summed E-state index contributed by atoms with van der Waals surface area (Å²) >= 11 is 0. The molecule has 0 bridgehead atoms. The monoisotopic (exact) mass is 450 g/mol. The van der Waals surface area contributed by atoms with Gasteiger partial charge in [-0.05, 0) is 80.6 Å². The number of nitrogens with one attached hydrogen (secondary N) is 2. The third kappa shape index (κ3) is 6.84. The van der Waals surface area contributed by atoms with E-state index in [0.717, 1.165) is 32.0 Å². The minimum atomic E-state index is -4.54. The molecule has 1 fully saturated rings. The number of ether oxygens (including phenoxy) is 1. The van der Waals surface area contributed by atoms with E-state index in [1.165, 1.54) is 6.07 Å². The number of benzene rings is 1. The van der Waals surface area contributed by atoms with Gasteiger partial charge in [0.15, 0.2) is 0 Å². The van der Waals surface area contributed by atoms with Crippen LogP contribution in [0.15, 0.2) is 36.5 Å². The van der Waals surface area contributed by atoms with Crippen molar-refractivity contribution in [1.82, 2.24) is 10.3 Å². The van der Waals surface area contributed by atoms with Gasteiger partial charge in [0, 0.05) is 17.8 Å². The summed E-state index contributed by atoms with van der Waals surface area (Å²) in [7, 11) is 0. The molecule has 0 amide bonds. The molecule has 176 valence electrons. The van der Waals surface area contributed by atoms with Crippen molar-refractivity contribution in [3.05, 3.63) is 42.1 Å². The molecule has 0 aliphatic carbocycles. The zero-order valence-corrected chi connectivity index (χ0v) is 18.9. The van der Waals surface area contributed by atoms with Crippen LogP contribution in [0, 0.1) is 5.92 Å². The Kier molecular flexibility index (Phi) is 7.67. The number of nitrogens with two attached hydrogens (primary N) is 1. The zero-order valence-electron chi connectivity index (χ0n) is 18.9. The highest BCUT2D eigenvalue weighted by Crippen LogP contribution is 2.39. The number of aromatic nitrogens is 1. The molecule has 1 atom stereocenters. The molecule has 5 nitrogen and oxygen atoms in total. The van der Waals surface area contributed by atoms with Gasteiger partial charge in [-0.1, -0.05) is 19.9 Å². The van der Waals surface area contributed by atoms with Gasteiger partial charge in [-0.15, -0.1) is 0 Å². The van der Waals surface area contributed by atoms with Crippen LogP contribution in [-0.2, 0) is 6.18 Å². The van der Waals surface area contributed by atoms with Crippen molar-refractivity contribution in [2.24, 2.45) is 11.7 Å². The lowest BCUT2D eigenvalue weighted by Crippen LogP contribution is -2.43. The normalized spacial score (nSPS) is 17.2. The number of hydrogen-bond donors (Lipinski definition) is 3. The summed E-state index contributed by atoms with van der Waals surface area (Å²) in [5.74, 6) is 0.775. The van der Waals surface area contributed by atoms with E-state index < -0.39 is 17.3 Å². The minimum Gasteiger partial charge on any atom is -0.491 e. The Morgan fingerprint density at radius 3 is 2.50 bits per heavy atom. The Bertz CT molecular complexity index is 893. The SMILES string of the molecule is CC(C)C[C@](C)(N)COc1ccc(-c2ccnc(NC3CCNCC3)c2)cc1C(F)(F)F. The van der Waals surface area contributed by atoms with Crippen LogP contribution in [0.3, 0.4) is 0 Å². The smallest absolute Gasteiger partial charge is 0.419 e. The summed E-state index contributed by atoms with van der Waals surface area (Å²) in [6, 6.07) is 7.96. The van der Waals surface area contributed by atoms with Gasteiger partial charge < -0.3 is 21.1 Å². The molecule has 1 aliphatic heterocycles. The van der Waals surface area contributed by atoms with E-state index in [1.54, 1.807) is 31.3 Å². The van der Waals surface area contributed by atoms with Crippen LogP contribution < -0.4 is 21.1 Å². The van der Waals surface area contributed by atoms with Crippen LogP contribution in [0.2, 0.25) is 0 Å². The van der Waals surface area contributed by atoms with Crippen molar-refractivity contribution in [3.8, 4) is 16.9 Å². The van der Waals surface area contributed by atoms with Crippen LogP contribution in [0.25, 0.3) is 11.1 Å². The fourth-order valence-corrected chi connectivity index (χ4v) is 4.16. The lowest BCUT2D eigenvalue weighted by Gasteiger charge is -2.27. The van der Waals surface area contributed by atoms with E-state index in [-0.39, 0.29) is 12.4 Å². The Labute approximate surface area is 187 Å². The number of hydrogen-bond acceptors (Lipinski definition) is 5. The summed E-state index contributed by atoms with van der Waals surface area (Å²) in [6.45, 7) is 7.71. The standard InChI is InChI=1S/C24H33F3N4O/c1-16(2)14-23(3,28)15-32-21-5-4-17(12-20(21)24(25,26)27)18-6-11-30-22(13-18)31-19-7-9-29-10-8-19/h4-6,11-13,16,19,29H,7-10,14-15,28H2,1-3H3,(H,30,31)/t23-/m0/s1. The molecule has 1 aliphatic rings. The molecule has 1 saturated heterocycles. The first-order valence-corrected chi connectivity index (χ1v) is 11.1. The molecule has 2 heterocycles. The van der Waals surface area contributed by atoms with E-state index in [2.05, 4.69) is 15.6 Å². The van der Waals surface area contributed by atoms with Crippen LogP contribution in [0.5, 0.6) is 5.75 Å². The molecule has 8 heteroatoms. The summed E-state index contributed by atoms with van der Waals surface area (Å²) < 4.78 is 47.0. The molecule has 1 aromatic carbocycles. The van der Waals surface area contributed by atoms with Gasteiger partial charge >= 0.3 is 6.18 Å². The third-order valence-corrected chi connectivity index (χ3v) is 5.50. The third-order valence-electron chi connectivity index (χ3n) is 5.50. The number of piperidine rings is 1. The molecule has 0 saturated carbocycles. The molecule has 1 aromatic heterocycles. The molecule has 32 heavy (non-hydrogen) atoms. The highest BCUT2D eigenvalue weighted by Gasteiger charge is 2.35. The Morgan fingerprint density at radius 1 is 1.16 bits per heavy atom. The summed E-state index contributed by atoms with van der Waals surface area (Å²) in [5, 5.41) is 6.69. The lowest BCUT2D eigenvalue weighted by molar-refractivity contribution is -0.139. The minimum absolute atomic E-state index is 0.00712. The van der Waals surface area contributed by atoms with Gasteiger partial charge in [0.2, 0.25) is 0 Å². The summed E-state index contributed by atoms with van der Waals surface area (Å²) in [4.78, 5) is 4.34. The summed E-state index contributed by atoms with van der Waals surface area (Å²) in [5.41, 5.74) is 5.82. The first-order chi connectivity index (χ1) is 15.0. The number of anilines is 1. The predicted octanol–water partition coefficient (Wildman–Crippen LogP) is 5.07. The van der Waals surface area contributed by atoms with E-state index >= 15 is 0 Å². The van der Waals surface area contributed by atoms with E-state index in [4.69, 9.17) is 10.5 Å². The van der Waals surface area contributed by atoms with Gasteiger partial charge in [0.1, 0.15) is 18.2 Å². The Hall–Kier alpha value is -2.32. The Balaban J connectivity index is 1.81. The predicted molar refractivity (Wildman–Crippen MR) is 122 cm³/mol. The Morgan fingerprint density at radius 2 is 1.84 bits per heavy atom. The maximum atomic E-state index is 13.8. The number of nitrogens with zero attached hydrogens (tertiary/aromatic N) is 1. The van der Waals surface area contributed by atoms with Gasteiger partial charge in [0.05, 0.1) is 5.56 Å². The largest absolute Gasteiger partial charge is 0.491 e. The van der Waals surface area contributed by atoms with E-state index in [1.807, 2.05) is 13.8 Å². The molecular formula is C24H33F3N4O. The molecular weight excluding hydrogens is 417 g/mol. The van der Waals surface area contributed by atoms with Gasteiger partial charge in [-0.25, -0.2) is 4.98 Å². The van der Waals surface area contributed by atoms with E-state index in [9.17, 15) is 13.2 Å². The molecule has 0 spiro atoms. The molecule has 4 N–H and O–H groups in total. The maximum absolute atomic E-state index is 13.8. The highest BCUT2D eigenvalue weighted by atomic mass is 19.4.